The van der Waals surface area contributed by atoms with Crippen LogP contribution in [-0.2, 0) is 14.3 Å². The predicted molar refractivity (Wildman–Crippen MR) is 98.5 cm³/mol. The van der Waals surface area contributed by atoms with Gasteiger partial charge in [-0.3, -0.25) is 19.7 Å². The summed E-state index contributed by atoms with van der Waals surface area (Å²) in [6, 6.07) is 6.13. The second-order valence-corrected chi connectivity index (χ2v) is 6.69. The van der Waals surface area contributed by atoms with E-state index in [9.17, 15) is 19.7 Å². The van der Waals surface area contributed by atoms with Crippen molar-refractivity contribution >= 4 is 23.5 Å². The Morgan fingerprint density at radius 1 is 1.12 bits per heavy atom. The number of allylic oxidation sites excluding steroid dienone is 1. The van der Waals surface area contributed by atoms with Gasteiger partial charge in [0.15, 0.2) is 5.78 Å². The first-order valence-corrected chi connectivity index (χ1v) is 9.16. The van der Waals surface area contributed by atoms with Gasteiger partial charge in [0.1, 0.15) is 6.42 Å². The molecular weight excluding hydrogens is 334 g/mol. The van der Waals surface area contributed by atoms with Gasteiger partial charge < -0.3 is 4.74 Å². The molecule has 2 rings (SSSR count). The Hall–Kier alpha value is -2.50. The Bertz CT molecular complexity index is 660. The van der Waals surface area contributed by atoms with Crippen LogP contribution in [0, 0.1) is 16.0 Å². The summed E-state index contributed by atoms with van der Waals surface area (Å²) in [6.45, 7) is 0.375. The molecule has 0 N–H and O–H groups in total. The van der Waals surface area contributed by atoms with Crippen molar-refractivity contribution in [1.29, 1.82) is 0 Å². The molecule has 1 aromatic carbocycles. The maximum atomic E-state index is 11.9. The molecule has 0 saturated heterocycles. The monoisotopic (exact) mass is 359 g/mol. The molecule has 0 heterocycles. The average molecular weight is 359 g/mol. The molecule has 0 amide bonds. The molecule has 0 aromatic heterocycles. The van der Waals surface area contributed by atoms with Crippen molar-refractivity contribution in [3.8, 4) is 0 Å². The highest BCUT2D eigenvalue weighted by molar-refractivity contribution is 6.04. The molecular formula is C20H25NO5. The van der Waals surface area contributed by atoms with E-state index in [1.165, 1.54) is 50.3 Å². The average Bonchev–Trinajstić information content (AvgIpc) is 2.59. The summed E-state index contributed by atoms with van der Waals surface area (Å²) >= 11 is 0. The van der Waals surface area contributed by atoms with Crippen molar-refractivity contribution in [2.45, 2.75) is 51.4 Å². The first-order chi connectivity index (χ1) is 12.6. The van der Waals surface area contributed by atoms with Crippen LogP contribution in [0.4, 0.5) is 5.69 Å². The standard InChI is InChI=1S/C20H25NO5/c22-18(13-12-17-10-6-7-11-19(17)21(24)25)14-20(23)26-15-16-8-4-2-1-3-5-9-16/h6-7,10-13,16H,1-5,8-9,14-15H2. The van der Waals surface area contributed by atoms with Gasteiger partial charge in [-0.25, -0.2) is 0 Å². The summed E-state index contributed by atoms with van der Waals surface area (Å²) in [5.74, 6) is -0.577. The number of esters is 1. The normalized spacial score (nSPS) is 16.0. The number of hydrogen-bond donors (Lipinski definition) is 0. The second-order valence-electron chi connectivity index (χ2n) is 6.69. The molecule has 0 radical (unpaired) electrons. The van der Waals surface area contributed by atoms with Crippen LogP contribution >= 0.6 is 0 Å². The molecule has 1 fully saturated rings. The van der Waals surface area contributed by atoms with E-state index in [1.54, 1.807) is 18.2 Å². The Labute approximate surface area is 153 Å². The maximum absolute atomic E-state index is 11.9. The quantitative estimate of drug-likeness (QED) is 0.236. The fraction of sp³-hybridized carbons (Fsp3) is 0.500. The lowest BCUT2D eigenvalue weighted by atomic mass is 9.92. The maximum Gasteiger partial charge on any atom is 0.313 e. The van der Waals surface area contributed by atoms with Gasteiger partial charge in [-0.05, 0) is 37.0 Å². The van der Waals surface area contributed by atoms with Crippen molar-refractivity contribution in [3.63, 3.8) is 0 Å². The summed E-state index contributed by atoms with van der Waals surface area (Å²) in [6.07, 6.45) is 10.4. The first kappa shape index (κ1) is 19.8. The molecule has 26 heavy (non-hydrogen) atoms. The van der Waals surface area contributed by atoms with Crippen LogP contribution in [0.5, 0.6) is 0 Å². The third kappa shape index (κ3) is 6.78. The summed E-state index contributed by atoms with van der Waals surface area (Å²) in [5, 5.41) is 10.9. The van der Waals surface area contributed by atoms with E-state index in [2.05, 4.69) is 0 Å². The van der Waals surface area contributed by atoms with Gasteiger partial charge in [-0.1, -0.05) is 44.2 Å². The van der Waals surface area contributed by atoms with Gasteiger partial charge in [0.05, 0.1) is 17.1 Å². The number of para-hydroxylation sites is 1. The number of carbonyl (C=O) groups is 2. The second kappa shape index (κ2) is 10.5. The molecule has 1 aliphatic carbocycles. The SMILES string of the molecule is O=C(C=Cc1ccccc1[N+](=O)[O-])CC(=O)OCC1CCCCCCC1. The molecule has 0 atom stereocenters. The first-order valence-electron chi connectivity index (χ1n) is 9.16. The number of nitro benzene ring substituents is 1. The number of benzene rings is 1. The van der Waals surface area contributed by atoms with Gasteiger partial charge in [0, 0.05) is 6.07 Å². The number of rotatable bonds is 7. The Kier molecular flexibility index (Phi) is 7.99. The third-order valence-corrected chi connectivity index (χ3v) is 4.61. The number of ether oxygens (including phenoxy) is 1. The van der Waals surface area contributed by atoms with Crippen LogP contribution in [0.15, 0.2) is 30.3 Å². The Morgan fingerprint density at radius 2 is 1.77 bits per heavy atom. The molecule has 1 aliphatic rings. The van der Waals surface area contributed by atoms with E-state index in [1.807, 2.05) is 0 Å². The van der Waals surface area contributed by atoms with E-state index in [-0.39, 0.29) is 12.1 Å². The van der Waals surface area contributed by atoms with Crippen molar-refractivity contribution in [2.75, 3.05) is 6.61 Å². The van der Waals surface area contributed by atoms with Crippen LogP contribution in [0.2, 0.25) is 0 Å². The zero-order valence-corrected chi connectivity index (χ0v) is 14.9. The highest BCUT2D eigenvalue weighted by Crippen LogP contribution is 2.22. The molecule has 6 heteroatoms. The van der Waals surface area contributed by atoms with E-state index in [0.717, 1.165) is 12.8 Å². The molecule has 0 spiro atoms. The smallest absolute Gasteiger partial charge is 0.313 e. The van der Waals surface area contributed by atoms with Crippen LogP contribution in [0.1, 0.15) is 56.9 Å². The number of carbonyl (C=O) groups excluding carboxylic acids is 2. The predicted octanol–water partition coefficient (Wildman–Crippen LogP) is 4.47. The topological polar surface area (TPSA) is 86.5 Å². The molecule has 1 saturated carbocycles. The molecule has 0 unspecified atom stereocenters. The minimum absolute atomic E-state index is 0.0802. The number of nitrogens with zero attached hydrogens (tertiary/aromatic N) is 1. The third-order valence-electron chi connectivity index (χ3n) is 4.61. The van der Waals surface area contributed by atoms with Gasteiger partial charge in [-0.2, -0.15) is 0 Å². The fourth-order valence-electron chi connectivity index (χ4n) is 3.15. The van der Waals surface area contributed by atoms with Gasteiger partial charge in [-0.15, -0.1) is 0 Å². The zero-order chi connectivity index (χ0) is 18.8. The van der Waals surface area contributed by atoms with E-state index in [0.29, 0.717) is 18.1 Å². The zero-order valence-electron chi connectivity index (χ0n) is 14.9. The van der Waals surface area contributed by atoms with Crippen molar-refractivity contribution in [3.05, 3.63) is 46.0 Å². The molecule has 140 valence electrons. The summed E-state index contributed by atoms with van der Waals surface area (Å²) in [7, 11) is 0. The van der Waals surface area contributed by atoms with E-state index >= 15 is 0 Å². The lowest BCUT2D eigenvalue weighted by Crippen LogP contribution is -2.17. The minimum Gasteiger partial charge on any atom is -0.465 e. The molecule has 0 bridgehead atoms. The lowest BCUT2D eigenvalue weighted by Gasteiger charge is -2.19. The van der Waals surface area contributed by atoms with E-state index < -0.39 is 16.7 Å². The van der Waals surface area contributed by atoms with Gasteiger partial charge in [0.2, 0.25) is 0 Å². The summed E-state index contributed by atoms with van der Waals surface area (Å²) in [5.41, 5.74) is 0.247. The molecule has 1 aromatic rings. The number of nitro groups is 1. The summed E-state index contributed by atoms with van der Waals surface area (Å²) in [4.78, 5) is 34.2. The minimum atomic E-state index is -0.538. The Balaban J connectivity index is 1.80. The molecule has 0 aliphatic heterocycles. The highest BCUT2D eigenvalue weighted by Gasteiger charge is 2.15. The Morgan fingerprint density at radius 3 is 2.46 bits per heavy atom. The fourth-order valence-corrected chi connectivity index (χ4v) is 3.15. The summed E-state index contributed by atoms with van der Waals surface area (Å²) < 4.78 is 5.26. The van der Waals surface area contributed by atoms with Crippen LogP contribution in [0.25, 0.3) is 6.08 Å². The number of ketones is 1. The van der Waals surface area contributed by atoms with Crippen LogP contribution in [-0.4, -0.2) is 23.3 Å². The van der Waals surface area contributed by atoms with Gasteiger partial charge in [0.25, 0.3) is 5.69 Å². The lowest BCUT2D eigenvalue weighted by molar-refractivity contribution is -0.385. The van der Waals surface area contributed by atoms with E-state index in [4.69, 9.17) is 4.74 Å². The van der Waals surface area contributed by atoms with Crippen LogP contribution < -0.4 is 0 Å². The number of hydrogen-bond acceptors (Lipinski definition) is 5. The van der Waals surface area contributed by atoms with Crippen molar-refractivity contribution in [1.82, 2.24) is 0 Å². The largest absolute Gasteiger partial charge is 0.465 e. The van der Waals surface area contributed by atoms with Gasteiger partial charge >= 0.3 is 5.97 Å². The van der Waals surface area contributed by atoms with Crippen molar-refractivity contribution < 1.29 is 19.2 Å². The van der Waals surface area contributed by atoms with Crippen molar-refractivity contribution in [2.24, 2.45) is 5.92 Å². The highest BCUT2D eigenvalue weighted by atomic mass is 16.6. The molecule has 6 nitrogen and oxygen atoms in total. The van der Waals surface area contributed by atoms with Crippen LogP contribution in [0.3, 0.4) is 0 Å².